The van der Waals surface area contributed by atoms with Gasteiger partial charge in [-0.15, -0.1) is 0 Å². The van der Waals surface area contributed by atoms with Crippen molar-refractivity contribution in [1.29, 1.82) is 0 Å². The third kappa shape index (κ3) is 3.22. The molecule has 1 aromatic heterocycles. The number of benzene rings is 2. The highest BCUT2D eigenvalue weighted by molar-refractivity contribution is 6.04. The molecule has 0 aliphatic carbocycles. The van der Waals surface area contributed by atoms with Gasteiger partial charge in [0.05, 0.1) is 25.6 Å². The number of nitrogens with one attached hydrogen (secondary N) is 1. The molecule has 1 atom stereocenters. The fourth-order valence-corrected chi connectivity index (χ4v) is 4.40. The number of nitrogens with zero attached hydrogens (tertiary/aromatic N) is 1. The Morgan fingerprint density at radius 1 is 1.21 bits per heavy atom. The van der Waals surface area contributed by atoms with Crippen molar-refractivity contribution >= 4 is 17.6 Å². The Bertz CT molecular complexity index is 1300. The molecule has 2 aliphatic rings. The Morgan fingerprint density at radius 2 is 2.00 bits per heavy atom. The van der Waals surface area contributed by atoms with Gasteiger partial charge >= 0.3 is 5.97 Å². The van der Waals surface area contributed by atoms with Crippen LogP contribution in [0.4, 0.5) is 10.1 Å². The zero-order chi connectivity index (χ0) is 23.3. The molecule has 3 aromatic rings. The second kappa shape index (κ2) is 7.73. The maximum atomic E-state index is 14.0. The predicted octanol–water partition coefficient (Wildman–Crippen LogP) is 3.53. The van der Waals surface area contributed by atoms with Crippen molar-refractivity contribution in [3.05, 3.63) is 59.2 Å². The first-order chi connectivity index (χ1) is 15.9. The molecule has 0 saturated carbocycles. The van der Waals surface area contributed by atoms with Crippen molar-refractivity contribution in [2.24, 2.45) is 0 Å². The summed E-state index contributed by atoms with van der Waals surface area (Å²) in [4.78, 5) is 24.7. The smallest absolute Gasteiger partial charge is 0.339 e. The molecule has 2 N–H and O–H groups in total. The van der Waals surface area contributed by atoms with Gasteiger partial charge in [0.2, 0.25) is 24.2 Å². The Morgan fingerprint density at radius 3 is 2.70 bits per heavy atom. The van der Waals surface area contributed by atoms with Crippen LogP contribution in [0, 0.1) is 5.82 Å². The Hall–Kier alpha value is -4.21. The normalized spacial score (nSPS) is 16.2. The summed E-state index contributed by atoms with van der Waals surface area (Å²) in [5, 5.41) is 12.5. The number of halogens is 1. The van der Waals surface area contributed by atoms with E-state index in [2.05, 4.69) is 5.32 Å². The van der Waals surface area contributed by atoms with Gasteiger partial charge < -0.3 is 33.9 Å². The summed E-state index contributed by atoms with van der Waals surface area (Å²) >= 11 is 0. The molecule has 0 fully saturated rings. The molecule has 3 heterocycles. The molecule has 2 aliphatic heterocycles. The number of carbonyl (C=O) groups excluding carboxylic acids is 1. The molecule has 2 aromatic carbocycles. The monoisotopic (exact) mass is 454 g/mol. The van der Waals surface area contributed by atoms with Crippen molar-refractivity contribution < 1.29 is 38.0 Å². The third-order valence-electron chi connectivity index (χ3n) is 5.73. The lowest BCUT2D eigenvalue weighted by Crippen LogP contribution is -2.26. The largest absolute Gasteiger partial charge is 0.492 e. The number of carbonyl (C=O) groups is 2. The Kier molecular flexibility index (Phi) is 4.85. The van der Waals surface area contributed by atoms with E-state index < -0.39 is 17.7 Å². The van der Waals surface area contributed by atoms with E-state index in [1.807, 2.05) is 0 Å². The molecule has 170 valence electrons. The maximum Gasteiger partial charge on any atom is 0.339 e. The van der Waals surface area contributed by atoms with Gasteiger partial charge in [-0.2, -0.15) is 0 Å². The average Bonchev–Trinajstić information content (AvgIpc) is 3.41. The molecule has 1 unspecified atom stereocenters. The van der Waals surface area contributed by atoms with Crippen LogP contribution in [-0.2, 0) is 4.79 Å². The molecular formula is C23H19FN2O7. The van der Waals surface area contributed by atoms with Gasteiger partial charge in [0.1, 0.15) is 11.4 Å². The molecule has 0 radical (unpaired) electrons. The number of hydrogen-bond acceptors (Lipinski definition) is 6. The number of ether oxygens (including phenoxy) is 4. The minimum Gasteiger partial charge on any atom is -0.492 e. The van der Waals surface area contributed by atoms with Crippen LogP contribution < -0.4 is 24.3 Å². The van der Waals surface area contributed by atoms with Gasteiger partial charge in [-0.25, -0.2) is 9.18 Å². The van der Waals surface area contributed by atoms with Gasteiger partial charge in [0, 0.05) is 29.8 Å². The van der Waals surface area contributed by atoms with E-state index in [1.165, 1.54) is 38.6 Å². The van der Waals surface area contributed by atoms with Crippen molar-refractivity contribution in [2.45, 2.75) is 12.3 Å². The number of aromatic carboxylic acids is 1. The van der Waals surface area contributed by atoms with Gasteiger partial charge in [0.25, 0.3) is 0 Å². The van der Waals surface area contributed by atoms with Crippen LogP contribution in [0.1, 0.15) is 34.0 Å². The lowest BCUT2D eigenvalue weighted by molar-refractivity contribution is -0.116. The van der Waals surface area contributed by atoms with Gasteiger partial charge in [0.15, 0.2) is 11.5 Å². The number of hydrogen-bond donors (Lipinski definition) is 2. The van der Waals surface area contributed by atoms with E-state index in [1.54, 1.807) is 16.7 Å². The summed E-state index contributed by atoms with van der Waals surface area (Å²) in [5.41, 5.74) is 1.46. The van der Waals surface area contributed by atoms with Gasteiger partial charge in [-0.1, -0.05) is 6.07 Å². The molecule has 33 heavy (non-hydrogen) atoms. The highest BCUT2D eigenvalue weighted by Crippen LogP contribution is 2.54. The summed E-state index contributed by atoms with van der Waals surface area (Å²) in [7, 11) is 2.92. The zero-order valence-corrected chi connectivity index (χ0v) is 17.7. The van der Waals surface area contributed by atoms with E-state index in [9.17, 15) is 19.1 Å². The topological polar surface area (TPSA) is 108 Å². The summed E-state index contributed by atoms with van der Waals surface area (Å²) in [6.45, 7) is -0.00245. The first kappa shape index (κ1) is 20.7. The molecule has 10 heteroatoms. The van der Waals surface area contributed by atoms with E-state index in [4.69, 9.17) is 18.9 Å². The second-order valence-electron chi connectivity index (χ2n) is 7.53. The van der Waals surface area contributed by atoms with Crippen LogP contribution in [0.2, 0.25) is 0 Å². The van der Waals surface area contributed by atoms with Crippen molar-refractivity contribution in [2.75, 3.05) is 26.3 Å². The molecule has 9 nitrogen and oxygen atoms in total. The molecule has 0 bridgehead atoms. The first-order valence-corrected chi connectivity index (χ1v) is 10.0. The van der Waals surface area contributed by atoms with Crippen LogP contribution >= 0.6 is 0 Å². The Balaban J connectivity index is 1.80. The molecule has 0 saturated heterocycles. The van der Waals surface area contributed by atoms with Crippen molar-refractivity contribution in [3.63, 3.8) is 0 Å². The predicted molar refractivity (Wildman–Crippen MR) is 113 cm³/mol. The first-order valence-electron chi connectivity index (χ1n) is 10.0. The second-order valence-corrected chi connectivity index (χ2v) is 7.53. The standard InChI is InChI=1S/C23H19FN2O7/c1-30-20-14(7-16-21(22(20)31-2)33-10-32-16)13-8-17(27)25-18-15(23(28)29)9-26(19(13)18)12-5-3-4-11(24)6-12/h3-7,9,13H,8,10H2,1-2H3,(H,25,27)(H,28,29). The lowest BCUT2D eigenvalue weighted by atomic mass is 9.87. The van der Waals surface area contributed by atoms with E-state index in [0.29, 0.717) is 39.9 Å². The fourth-order valence-electron chi connectivity index (χ4n) is 4.40. The Labute approximate surface area is 187 Å². The third-order valence-corrected chi connectivity index (χ3v) is 5.73. The summed E-state index contributed by atoms with van der Waals surface area (Å²) < 4.78 is 37.8. The van der Waals surface area contributed by atoms with Gasteiger partial charge in [-0.05, 0) is 24.3 Å². The van der Waals surface area contributed by atoms with Crippen molar-refractivity contribution in [1.82, 2.24) is 4.57 Å². The SMILES string of the molecule is COc1c(C2CC(=O)Nc3c(C(=O)O)cn(-c4cccc(F)c4)c32)cc2c(c1OC)OCO2. The zero-order valence-electron chi connectivity index (χ0n) is 17.7. The maximum absolute atomic E-state index is 14.0. The van der Waals surface area contributed by atoms with Crippen LogP contribution in [0.5, 0.6) is 23.0 Å². The average molecular weight is 454 g/mol. The molecular weight excluding hydrogens is 435 g/mol. The van der Waals surface area contributed by atoms with Crippen LogP contribution in [0.25, 0.3) is 5.69 Å². The molecule has 1 amide bonds. The van der Waals surface area contributed by atoms with Crippen LogP contribution in [0.15, 0.2) is 36.5 Å². The van der Waals surface area contributed by atoms with E-state index in [-0.39, 0.29) is 30.4 Å². The minimum atomic E-state index is -1.22. The molecule has 5 rings (SSSR count). The lowest BCUT2D eigenvalue weighted by Gasteiger charge is -2.28. The number of rotatable bonds is 5. The van der Waals surface area contributed by atoms with E-state index in [0.717, 1.165) is 0 Å². The quantitative estimate of drug-likeness (QED) is 0.607. The summed E-state index contributed by atoms with van der Waals surface area (Å²) in [6, 6.07) is 7.46. The minimum absolute atomic E-state index is 0.00245. The van der Waals surface area contributed by atoms with Crippen molar-refractivity contribution in [3.8, 4) is 28.7 Å². The number of anilines is 1. The van der Waals surface area contributed by atoms with Gasteiger partial charge in [-0.3, -0.25) is 4.79 Å². The fraction of sp³-hybridized carbons (Fsp3) is 0.217. The number of methoxy groups -OCH3 is 2. The summed E-state index contributed by atoms with van der Waals surface area (Å²) in [5.74, 6) is -1.30. The number of amides is 1. The highest BCUT2D eigenvalue weighted by Gasteiger charge is 2.38. The number of carboxylic acids is 1. The number of fused-ring (bicyclic) bond motifs is 2. The van der Waals surface area contributed by atoms with E-state index >= 15 is 0 Å². The number of aromatic nitrogens is 1. The molecule has 0 spiro atoms. The van der Waals surface area contributed by atoms with Crippen LogP contribution in [0.3, 0.4) is 0 Å². The summed E-state index contributed by atoms with van der Waals surface area (Å²) in [6.07, 6.45) is 1.36. The number of carboxylic acid groups (broad SMARTS) is 1. The highest BCUT2D eigenvalue weighted by atomic mass is 19.1. The van der Waals surface area contributed by atoms with Crippen LogP contribution in [-0.4, -0.2) is 42.6 Å².